The summed E-state index contributed by atoms with van der Waals surface area (Å²) in [6.07, 6.45) is 2.06. The Balaban J connectivity index is 1.75. The monoisotopic (exact) mass is 305 g/mol. The van der Waals surface area contributed by atoms with Gasteiger partial charge in [-0.05, 0) is 36.0 Å². The minimum absolute atomic E-state index is 0.0122. The number of aliphatic hydroxyl groups excluding tert-OH is 1. The highest BCUT2D eigenvalue weighted by molar-refractivity contribution is 5.77. The average molecular weight is 305 g/mol. The van der Waals surface area contributed by atoms with Crippen molar-refractivity contribution in [1.82, 2.24) is 4.90 Å². The number of hydrogen-bond donors (Lipinski definition) is 1. The molecule has 1 N–H and O–H groups in total. The SMILES string of the molecule is COCC(=O)N1CCc2ccc(C(O)C3CCCO3)cc2C1. The highest BCUT2D eigenvalue weighted by Gasteiger charge is 2.27. The molecule has 0 spiro atoms. The molecule has 5 nitrogen and oxygen atoms in total. The molecular formula is C17H23NO4. The van der Waals surface area contributed by atoms with E-state index in [0.717, 1.165) is 43.5 Å². The minimum atomic E-state index is -0.585. The zero-order valence-corrected chi connectivity index (χ0v) is 13.0. The van der Waals surface area contributed by atoms with Gasteiger partial charge < -0.3 is 19.5 Å². The van der Waals surface area contributed by atoms with E-state index in [4.69, 9.17) is 9.47 Å². The largest absolute Gasteiger partial charge is 0.386 e. The number of amides is 1. The van der Waals surface area contributed by atoms with Crippen molar-refractivity contribution in [2.75, 3.05) is 26.9 Å². The van der Waals surface area contributed by atoms with Crippen LogP contribution in [0.2, 0.25) is 0 Å². The molecule has 5 heteroatoms. The quantitative estimate of drug-likeness (QED) is 0.914. The van der Waals surface area contributed by atoms with E-state index in [-0.39, 0.29) is 18.6 Å². The van der Waals surface area contributed by atoms with E-state index in [1.165, 1.54) is 12.7 Å². The molecule has 1 aromatic carbocycles. The number of fused-ring (bicyclic) bond motifs is 1. The van der Waals surface area contributed by atoms with Crippen LogP contribution in [0.5, 0.6) is 0 Å². The van der Waals surface area contributed by atoms with Crippen LogP contribution in [-0.4, -0.2) is 48.9 Å². The van der Waals surface area contributed by atoms with Crippen LogP contribution < -0.4 is 0 Å². The molecule has 0 bridgehead atoms. The number of benzene rings is 1. The molecule has 2 aliphatic heterocycles. The standard InChI is InChI=1S/C17H23NO4/c1-21-11-16(19)18-7-6-12-4-5-13(9-14(12)10-18)17(20)15-3-2-8-22-15/h4-5,9,15,17,20H,2-3,6-8,10-11H2,1H3. The second kappa shape index (κ2) is 6.77. The molecule has 1 amide bonds. The summed E-state index contributed by atoms with van der Waals surface area (Å²) in [6, 6.07) is 6.08. The summed E-state index contributed by atoms with van der Waals surface area (Å²) in [5, 5.41) is 10.5. The summed E-state index contributed by atoms with van der Waals surface area (Å²) in [4.78, 5) is 13.8. The predicted molar refractivity (Wildman–Crippen MR) is 81.4 cm³/mol. The van der Waals surface area contributed by atoms with Crippen molar-refractivity contribution in [3.63, 3.8) is 0 Å². The second-order valence-corrected chi connectivity index (χ2v) is 6.02. The lowest BCUT2D eigenvalue weighted by Gasteiger charge is -2.29. The van der Waals surface area contributed by atoms with Crippen LogP contribution in [0.3, 0.4) is 0 Å². The third-order valence-corrected chi connectivity index (χ3v) is 4.52. The first-order chi connectivity index (χ1) is 10.7. The summed E-state index contributed by atoms with van der Waals surface area (Å²) in [5.41, 5.74) is 3.25. The molecular weight excluding hydrogens is 282 g/mol. The first kappa shape index (κ1) is 15.5. The van der Waals surface area contributed by atoms with Crippen LogP contribution in [0, 0.1) is 0 Å². The molecule has 1 aromatic rings. The van der Waals surface area contributed by atoms with E-state index in [0.29, 0.717) is 6.54 Å². The van der Waals surface area contributed by atoms with E-state index in [1.54, 1.807) is 0 Å². The fraction of sp³-hybridized carbons (Fsp3) is 0.588. The fourth-order valence-corrected chi connectivity index (χ4v) is 3.25. The smallest absolute Gasteiger partial charge is 0.248 e. The molecule has 1 saturated heterocycles. The molecule has 3 rings (SSSR count). The Morgan fingerprint density at radius 1 is 1.50 bits per heavy atom. The van der Waals surface area contributed by atoms with Crippen molar-refractivity contribution in [1.29, 1.82) is 0 Å². The second-order valence-electron chi connectivity index (χ2n) is 6.02. The fourth-order valence-electron chi connectivity index (χ4n) is 3.25. The van der Waals surface area contributed by atoms with Crippen molar-refractivity contribution in [3.8, 4) is 0 Å². The number of hydrogen-bond acceptors (Lipinski definition) is 4. The first-order valence-corrected chi connectivity index (χ1v) is 7.87. The van der Waals surface area contributed by atoms with Gasteiger partial charge in [0.1, 0.15) is 12.7 Å². The van der Waals surface area contributed by atoms with Crippen molar-refractivity contribution in [2.24, 2.45) is 0 Å². The molecule has 0 aliphatic carbocycles. The topological polar surface area (TPSA) is 59.0 Å². The van der Waals surface area contributed by atoms with Gasteiger partial charge in [-0.3, -0.25) is 4.79 Å². The molecule has 22 heavy (non-hydrogen) atoms. The van der Waals surface area contributed by atoms with Crippen LogP contribution in [0.15, 0.2) is 18.2 Å². The van der Waals surface area contributed by atoms with Crippen LogP contribution >= 0.6 is 0 Å². The Labute approximate surface area is 130 Å². The lowest BCUT2D eigenvalue weighted by Crippen LogP contribution is -2.38. The maximum atomic E-state index is 12.0. The normalized spacial score (nSPS) is 22.5. The Morgan fingerprint density at radius 2 is 2.36 bits per heavy atom. The van der Waals surface area contributed by atoms with Gasteiger partial charge in [-0.25, -0.2) is 0 Å². The van der Waals surface area contributed by atoms with Crippen molar-refractivity contribution >= 4 is 5.91 Å². The summed E-state index contributed by atoms with van der Waals surface area (Å²) >= 11 is 0. The van der Waals surface area contributed by atoms with Gasteiger partial charge in [0.05, 0.1) is 6.10 Å². The highest BCUT2D eigenvalue weighted by atomic mass is 16.5. The van der Waals surface area contributed by atoms with Gasteiger partial charge in [0.15, 0.2) is 0 Å². The van der Waals surface area contributed by atoms with E-state index in [1.807, 2.05) is 17.0 Å². The predicted octanol–water partition coefficient (Wildman–Crippen LogP) is 1.43. The number of carbonyl (C=O) groups excluding carboxylic acids is 1. The van der Waals surface area contributed by atoms with E-state index in [2.05, 4.69) is 6.07 Å². The van der Waals surface area contributed by atoms with Gasteiger partial charge in [0, 0.05) is 26.8 Å². The van der Waals surface area contributed by atoms with Gasteiger partial charge in [0.2, 0.25) is 5.91 Å². The molecule has 1 fully saturated rings. The van der Waals surface area contributed by atoms with Crippen molar-refractivity contribution in [3.05, 3.63) is 34.9 Å². The van der Waals surface area contributed by atoms with Crippen LogP contribution in [0.1, 0.15) is 35.6 Å². The molecule has 2 atom stereocenters. The summed E-state index contributed by atoms with van der Waals surface area (Å²) < 4.78 is 10.5. The zero-order valence-electron chi connectivity index (χ0n) is 13.0. The molecule has 2 unspecified atom stereocenters. The number of ether oxygens (including phenoxy) is 2. The number of nitrogens with zero attached hydrogens (tertiary/aromatic N) is 1. The maximum absolute atomic E-state index is 12.0. The van der Waals surface area contributed by atoms with Gasteiger partial charge in [-0.1, -0.05) is 18.2 Å². The molecule has 2 heterocycles. The lowest BCUT2D eigenvalue weighted by atomic mass is 9.93. The molecule has 0 saturated carbocycles. The van der Waals surface area contributed by atoms with E-state index < -0.39 is 6.10 Å². The minimum Gasteiger partial charge on any atom is -0.386 e. The number of rotatable bonds is 4. The van der Waals surface area contributed by atoms with Gasteiger partial charge in [-0.2, -0.15) is 0 Å². The Kier molecular flexibility index (Phi) is 4.76. The van der Waals surface area contributed by atoms with Crippen LogP contribution in [-0.2, 0) is 27.2 Å². The van der Waals surface area contributed by atoms with Gasteiger partial charge >= 0.3 is 0 Å². The molecule has 2 aliphatic rings. The van der Waals surface area contributed by atoms with E-state index in [9.17, 15) is 9.90 Å². The third-order valence-electron chi connectivity index (χ3n) is 4.52. The maximum Gasteiger partial charge on any atom is 0.248 e. The summed E-state index contributed by atoms with van der Waals surface area (Å²) in [7, 11) is 1.53. The van der Waals surface area contributed by atoms with Gasteiger partial charge in [-0.15, -0.1) is 0 Å². The average Bonchev–Trinajstić information content (AvgIpc) is 3.07. The van der Waals surface area contributed by atoms with Crippen LogP contribution in [0.4, 0.5) is 0 Å². The van der Waals surface area contributed by atoms with E-state index >= 15 is 0 Å². The van der Waals surface area contributed by atoms with Gasteiger partial charge in [0.25, 0.3) is 0 Å². The Bertz CT molecular complexity index is 539. The summed E-state index contributed by atoms with van der Waals surface area (Å²) in [6.45, 7) is 2.16. The Morgan fingerprint density at radius 3 is 3.09 bits per heavy atom. The van der Waals surface area contributed by atoms with Crippen LogP contribution in [0.25, 0.3) is 0 Å². The summed E-state index contributed by atoms with van der Waals surface area (Å²) in [5.74, 6) is 0.0122. The lowest BCUT2D eigenvalue weighted by molar-refractivity contribution is -0.136. The van der Waals surface area contributed by atoms with Crippen molar-refractivity contribution < 1.29 is 19.4 Å². The molecule has 0 aromatic heterocycles. The van der Waals surface area contributed by atoms with Crippen molar-refractivity contribution in [2.45, 2.75) is 38.0 Å². The third kappa shape index (κ3) is 3.16. The number of aliphatic hydroxyl groups is 1. The number of carbonyl (C=O) groups is 1. The highest BCUT2D eigenvalue weighted by Crippen LogP contribution is 2.29. The first-order valence-electron chi connectivity index (χ1n) is 7.87. The molecule has 120 valence electrons. The zero-order chi connectivity index (χ0) is 15.5. The Hall–Kier alpha value is -1.43. The number of methoxy groups -OCH3 is 1. The molecule has 0 radical (unpaired) electrons.